The van der Waals surface area contributed by atoms with Crippen LogP contribution in [0, 0.1) is 3.70 Å². The Morgan fingerprint density at radius 3 is 2.85 bits per heavy atom. The summed E-state index contributed by atoms with van der Waals surface area (Å²) in [6.45, 7) is 4.20. The second-order valence-corrected chi connectivity index (χ2v) is 4.23. The fourth-order valence-electron chi connectivity index (χ4n) is 1.19. The number of halogens is 1. The molecule has 0 fully saturated rings. The molecule has 0 saturated carbocycles. The van der Waals surface area contributed by atoms with Crippen LogP contribution < -0.4 is 0 Å². The van der Waals surface area contributed by atoms with Gasteiger partial charge in [-0.2, -0.15) is 0 Å². The second-order valence-electron chi connectivity index (χ2n) is 3.12. The second kappa shape index (κ2) is 3.21. The Morgan fingerprint density at radius 2 is 2.15 bits per heavy atom. The fraction of sp³-hybridized carbons (Fsp3) is 0.375. The van der Waals surface area contributed by atoms with Crippen molar-refractivity contribution in [3.8, 4) is 0 Å². The zero-order valence-corrected chi connectivity index (χ0v) is 9.56. The van der Waals surface area contributed by atoms with Gasteiger partial charge >= 0.3 is 0 Å². The third-order valence-corrected chi connectivity index (χ3v) is 2.37. The van der Waals surface area contributed by atoms with Gasteiger partial charge in [-0.25, -0.2) is 4.98 Å². The molecule has 2 rings (SSSR count). The van der Waals surface area contributed by atoms with Crippen molar-refractivity contribution in [2.45, 2.75) is 19.9 Å². The third kappa shape index (κ3) is 1.52. The maximum atomic E-state index is 4.26. The number of hydrogen-bond donors (Lipinski definition) is 0. The number of rotatable bonds is 1. The molecule has 4 nitrogen and oxygen atoms in total. The van der Waals surface area contributed by atoms with Crippen LogP contribution in [0.3, 0.4) is 0 Å². The summed E-state index contributed by atoms with van der Waals surface area (Å²) < 4.78 is 2.89. The Hall–Kier alpha value is -0.720. The first-order valence-electron chi connectivity index (χ1n) is 4.04. The minimum absolute atomic E-state index is 0.374. The van der Waals surface area contributed by atoms with Gasteiger partial charge in [0.1, 0.15) is 9.22 Å². The van der Waals surface area contributed by atoms with Crippen LogP contribution in [-0.2, 0) is 0 Å². The van der Waals surface area contributed by atoms with Crippen molar-refractivity contribution in [3.63, 3.8) is 0 Å². The summed E-state index contributed by atoms with van der Waals surface area (Å²) in [6.07, 6.45) is 1.81. The van der Waals surface area contributed by atoms with E-state index in [0.717, 1.165) is 14.9 Å². The first kappa shape index (κ1) is 8.86. The van der Waals surface area contributed by atoms with Gasteiger partial charge in [0.2, 0.25) is 0 Å². The lowest BCUT2D eigenvalue weighted by atomic mass is 10.4. The molecule has 0 amide bonds. The molecule has 0 radical (unpaired) electrons. The minimum atomic E-state index is 0.374. The molecule has 0 spiro atoms. The van der Waals surface area contributed by atoms with E-state index < -0.39 is 0 Å². The van der Waals surface area contributed by atoms with E-state index in [-0.39, 0.29) is 0 Å². The number of nitrogens with zero attached hydrogens (tertiary/aromatic N) is 4. The summed E-state index contributed by atoms with van der Waals surface area (Å²) in [5, 5.41) is 8.10. The quantitative estimate of drug-likeness (QED) is 0.754. The normalized spacial score (nSPS) is 11.4. The molecule has 5 heteroatoms. The van der Waals surface area contributed by atoms with E-state index in [1.807, 2.05) is 10.6 Å². The highest BCUT2D eigenvalue weighted by Crippen LogP contribution is 2.15. The van der Waals surface area contributed by atoms with E-state index in [1.54, 1.807) is 6.33 Å². The van der Waals surface area contributed by atoms with E-state index in [9.17, 15) is 0 Å². The molecule has 0 aliphatic heterocycles. The van der Waals surface area contributed by atoms with Crippen molar-refractivity contribution in [1.82, 2.24) is 19.7 Å². The van der Waals surface area contributed by atoms with Gasteiger partial charge in [-0.05, 0) is 36.4 Å². The van der Waals surface area contributed by atoms with Gasteiger partial charge in [0.25, 0.3) is 0 Å². The zero-order chi connectivity index (χ0) is 9.42. The molecule has 0 aliphatic rings. The van der Waals surface area contributed by atoms with Gasteiger partial charge in [-0.3, -0.25) is 0 Å². The van der Waals surface area contributed by atoms with Gasteiger partial charge in [-0.1, -0.05) is 0 Å². The van der Waals surface area contributed by atoms with Crippen LogP contribution in [-0.4, -0.2) is 19.7 Å². The molecular weight excluding hydrogens is 279 g/mol. The lowest BCUT2D eigenvalue weighted by Crippen LogP contribution is -2.00. The van der Waals surface area contributed by atoms with Crippen LogP contribution in [0.25, 0.3) is 11.2 Å². The summed E-state index contributed by atoms with van der Waals surface area (Å²) >= 11 is 2.13. The van der Waals surface area contributed by atoms with Gasteiger partial charge < -0.3 is 4.57 Å². The lowest BCUT2D eigenvalue weighted by Gasteiger charge is -2.05. The van der Waals surface area contributed by atoms with Crippen LogP contribution in [0.5, 0.6) is 0 Å². The molecule has 13 heavy (non-hydrogen) atoms. The molecule has 2 heterocycles. The number of aromatic nitrogens is 4. The molecule has 0 saturated heterocycles. The maximum Gasteiger partial charge on any atom is 0.182 e. The topological polar surface area (TPSA) is 43.6 Å². The molecule has 2 aromatic rings. The van der Waals surface area contributed by atoms with Crippen LogP contribution in [0.1, 0.15) is 19.9 Å². The standard InChI is InChI=1S/C8H9IN4/c1-5(2)13-4-10-6-3-7(9)11-12-8(6)13/h3-5H,1-2H3. The summed E-state index contributed by atoms with van der Waals surface area (Å²) in [4.78, 5) is 4.26. The van der Waals surface area contributed by atoms with Gasteiger partial charge in [0, 0.05) is 12.1 Å². The first-order valence-corrected chi connectivity index (χ1v) is 5.12. The average Bonchev–Trinajstić information content (AvgIpc) is 2.46. The molecular formula is C8H9IN4. The lowest BCUT2D eigenvalue weighted by molar-refractivity contribution is 0.610. The van der Waals surface area contributed by atoms with Crippen molar-refractivity contribution in [2.75, 3.05) is 0 Å². The van der Waals surface area contributed by atoms with E-state index >= 15 is 0 Å². The predicted molar refractivity (Wildman–Crippen MR) is 58.4 cm³/mol. The van der Waals surface area contributed by atoms with Crippen molar-refractivity contribution in [3.05, 3.63) is 16.1 Å². The van der Waals surface area contributed by atoms with Crippen molar-refractivity contribution in [1.29, 1.82) is 0 Å². The van der Waals surface area contributed by atoms with Crippen molar-refractivity contribution < 1.29 is 0 Å². The highest BCUT2D eigenvalue weighted by atomic mass is 127. The minimum Gasteiger partial charge on any atom is -0.311 e. The Morgan fingerprint density at radius 1 is 1.38 bits per heavy atom. The number of fused-ring (bicyclic) bond motifs is 1. The molecule has 0 bridgehead atoms. The Balaban J connectivity index is 2.69. The molecule has 0 unspecified atom stereocenters. The average molecular weight is 288 g/mol. The number of hydrogen-bond acceptors (Lipinski definition) is 3. The maximum absolute atomic E-state index is 4.26. The highest BCUT2D eigenvalue weighted by Gasteiger charge is 2.07. The summed E-state index contributed by atoms with van der Waals surface area (Å²) in [6, 6.07) is 2.31. The van der Waals surface area contributed by atoms with E-state index in [0.29, 0.717) is 6.04 Å². The Bertz CT molecular complexity index is 435. The molecule has 0 aliphatic carbocycles. The predicted octanol–water partition coefficient (Wildman–Crippen LogP) is 2.01. The van der Waals surface area contributed by atoms with Gasteiger partial charge in [-0.15, -0.1) is 10.2 Å². The third-order valence-electron chi connectivity index (χ3n) is 1.85. The van der Waals surface area contributed by atoms with Gasteiger partial charge in [0.15, 0.2) is 5.65 Å². The van der Waals surface area contributed by atoms with E-state index in [1.165, 1.54) is 0 Å². The fourth-order valence-corrected chi connectivity index (χ4v) is 1.59. The molecule has 0 aromatic carbocycles. The van der Waals surface area contributed by atoms with E-state index in [4.69, 9.17) is 0 Å². The largest absolute Gasteiger partial charge is 0.311 e. The van der Waals surface area contributed by atoms with Crippen LogP contribution in [0.15, 0.2) is 12.4 Å². The zero-order valence-electron chi connectivity index (χ0n) is 7.40. The SMILES string of the molecule is CC(C)n1cnc2cc(I)nnc21. The van der Waals surface area contributed by atoms with Crippen LogP contribution >= 0.6 is 22.6 Å². The monoisotopic (exact) mass is 288 g/mol. The van der Waals surface area contributed by atoms with E-state index in [2.05, 4.69) is 51.6 Å². The molecule has 0 N–H and O–H groups in total. The molecule has 0 atom stereocenters. The smallest absolute Gasteiger partial charge is 0.182 e. The first-order chi connectivity index (χ1) is 6.18. The van der Waals surface area contributed by atoms with Crippen LogP contribution in [0.4, 0.5) is 0 Å². The van der Waals surface area contributed by atoms with Crippen LogP contribution in [0.2, 0.25) is 0 Å². The van der Waals surface area contributed by atoms with Gasteiger partial charge in [0.05, 0.1) is 6.33 Å². The summed E-state index contributed by atoms with van der Waals surface area (Å²) in [7, 11) is 0. The Kier molecular flexibility index (Phi) is 2.19. The molecule has 2 aromatic heterocycles. The van der Waals surface area contributed by atoms with Crippen molar-refractivity contribution >= 4 is 33.8 Å². The Labute approximate surface area is 89.5 Å². The highest BCUT2D eigenvalue weighted by molar-refractivity contribution is 14.1. The summed E-state index contributed by atoms with van der Waals surface area (Å²) in [5.41, 5.74) is 1.77. The summed E-state index contributed by atoms with van der Waals surface area (Å²) in [5.74, 6) is 0. The van der Waals surface area contributed by atoms with Crippen molar-refractivity contribution in [2.24, 2.45) is 0 Å². The molecule has 68 valence electrons. The number of imidazole rings is 1.